The summed E-state index contributed by atoms with van der Waals surface area (Å²) in [6.45, 7) is 0.479. The number of aromatic nitrogens is 3. The standard InChI is InChI=1S/C8H11N5O/c1-13-6-11-12-7(13)3-5-10-8(14)2-4-9/h6H,2-3,5H2,1H3,(H,10,14). The van der Waals surface area contributed by atoms with Crippen LogP contribution in [0.15, 0.2) is 6.33 Å². The number of nitrogens with zero attached hydrogens (tertiary/aromatic N) is 4. The molecule has 1 N–H and O–H groups in total. The smallest absolute Gasteiger partial charge is 0.234 e. The predicted octanol–water partition coefficient (Wildman–Crippen LogP) is -0.613. The molecular weight excluding hydrogens is 182 g/mol. The van der Waals surface area contributed by atoms with Crippen molar-refractivity contribution < 1.29 is 4.79 Å². The Balaban J connectivity index is 2.26. The Bertz CT molecular complexity index is 351. The van der Waals surface area contributed by atoms with Gasteiger partial charge in [0.15, 0.2) is 0 Å². The van der Waals surface area contributed by atoms with E-state index in [2.05, 4.69) is 15.5 Å². The minimum atomic E-state index is -0.255. The van der Waals surface area contributed by atoms with Crippen LogP contribution in [0.5, 0.6) is 0 Å². The van der Waals surface area contributed by atoms with Crippen molar-refractivity contribution in [3.05, 3.63) is 12.2 Å². The highest BCUT2D eigenvalue weighted by molar-refractivity contribution is 5.77. The molecule has 0 aromatic carbocycles. The van der Waals surface area contributed by atoms with Crippen molar-refractivity contribution in [3.8, 4) is 6.07 Å². The van der Waals surface area contributed by atoms with Gasteiger partial charge in [-0.2, -0.15) is 5.26 Å². The van der Waals surface area contributed by atoms with Crippen LogP contribution in [-0.4, -0.2) is 27.2 Å². The molecule has 0 unspecified atom stereocenters. The van der Waals surface area contributed by atoms with Crippen LogP contribution in [0.4, 0.5) is 0 Å². The normalized spacial score (nSPS) is 9.43. The fraction of sp³-hybridized carbons (Fsp3) is 0.500. The number of rotatable bonds is 4. The maximum atomic E-state index is 10.9. The number of aryl methyl sites for hydroxylation is 1. The highest BCUT2D eigenvalue weighted by Crippen LogP contribution is 1.91. The van der Waals surface area contributed by atoms with E-state index >= 15 is 0 Å². The van der Waals surface area contributed by atoms with Gasteiger partial charge < -0.3 is 9.88 Å². The molecule has 0 spiro atoms. The Morgan fingerprint density at radius 1 is 1.79 bits per heavy atom. The number of hydrogen-bond acceptors (Lipinski definition) is 4. The molecule has 1 rings (SSSR count). The van der Waals surface area contributed by atoms with Gasteiger partial charge in [0.2, 0.25) is 5.91 Å². The van der Waals surface area contributed by atoms with E-state index in [9.17, 15) is 4.79 Å². The van der Waals surface area contributed by atoms with E-state index in [1.54, 1.807) is 17.0 Å². The molecule has 1 amide bonds. The second-order valence-electron chi connectivity index (χ2n) is 2.79. The van der Waals surface area contributed by atoms with Gasteiger partial charge in [0.25, 0.3) is 0 Å². The summed E-state index contributed by atoms with van der Waals surface area (Å²) in [5.74, 6) is 0.553. The third-order valence-electron chi connectivity index (χ3n) is 1.72. The molecule has 0 aliphatic heterocycles. The summed E-state index contributed by atoms with van der Waals surface area (Å²) in [6.07, 6.45) is 2.12. The molecule has 14 heavy (non-hydrogen) atoms. The molecule has 0 aliphatic rings. The van der Waals surface area contributed by atoms with Crippen LogP contribution in [0.25, 0.3) is 0 Å². The third kappa shape index (κ3) is 2.86. The van der Waals surface area contributed by atoms with E-state index < -0.39 is 0 Å². The first kappa shape index (κ1) is 10.2. The number of nitriles is 1. The Morgan fingerprint density at radius 3 is 3.14 bits per heavy atom. The largest absolute Gasteiger partial charge is 0.355 e. The maximum absolute atomic E-state index is 10.9. The zero-order valence-electron chi connectivity index (χ0n) is 7.90. The zero-order chi connectivity index (χ0) is 10.4. The van der Waals surface area contributed by atoms with Crippen LogP contribution < -0.4 is 5.32 Å². The number of carbonyl (C=O) groups is 1. The highest BCUT2D eigenvalue weighted by atomic mass is 16.1. The predicted molar refractivity (Wildman–Crippen MR) is 47.9 cm³/mol. The van der Waals surface area contributed by atoms with Crippen LogP contribution in [0.3, 0.4) is 0 Å². The second kappa shape index (κ2) is 4.97. The van der Waals surface area contributed by atoms with Gasteiger partial charge in [0, 0.05) is 20.0 Å². The molecule has 0 aliphatic carbocycles. The molecule has 0 atom stereocenters. The summed E-state index contributed by atoms with van der Waals surface area (Å²) in [5, 5.41) is 18.4. The number of hydrogen-bond donors (Lipinski definition) is 1. The number of amides is 1. The van der Waals surface area contributed by atoms with Gasteiger partial charge in [0.1, 0.15) is 18.6 Å². The fourth-order valence-electron chi connectivity index (χ4n) is 0.981. The van der Waals surface area contributed by atoms with Crippen molar-refractivity contribution >= 4 is 5.91 Å². The average Bonchev–Trinajstić information content (AvgIpc) is 2.52. The first-order valence-electron chi connectivity index (χ1n) is 4.20. The van der Waals surface area contributed by atoms with E-state index in [-0.39, 0.29) is 12.3 Å². The van der Waals surface area contributed by atoms with Crippen molar-refractivity contribution in [1.29, 1.82) is 5.26 Å². The summed E-state index contributed by atoms with van der Waals surface area (Å²) in [6, 6.07) is 1.78. The van der Waals surface area contributed by atoms with Crippen molar-refractivity contribution in [1.82, 2.24) is 20.1 Å². The molecule has 74 valence electrons. The second-order valence-corrected chi connectivity index (χ2v) is 2.79. The van der Waals surface area contributed by atoms with Crippen LogP contribution in [0.2, 0.25) is 0 Å². The molecule has 0 saturated heterocycles. The molecule has 1 heterocycles. The SMILES string of the molecule is Cn1cnnc1CCNC(=O)CC#N. The van der Waals surface area contributed by atoms with E-state index in [0.29, 0.717) is 13.0 Å². The fourth-order valence-corrected chi connectivity index (χ4v) is 0.981. The van der Waals surface area contributed by atoms with Crippen LogP contribution in [0.1, 0.15) is 12.2 Å². The Morgan fingerprint density at radius 2 is 2.57 bits per heavy atom. The molecule has 0 bridgehead atoms. The molecule has 1 aromatic heterocycles. The molecule has 0 radical (unpaired) electrons. The topological polar surface area (TPSA) is 83.6 Å². The summed E-state index contributed by atoms with van der Waals surface area (Å²) in [4.78, 5) is 10.9. The maximum Gasteiger partial charge on any atom is 0.234 e. The highest BCUT2D eigenvalue weighted by Gasteiger charge is 2.02. The first-order valence-corrected chi connectivity index (χ1v) is 4.20. The Hall–Kier alpha value is -1.90. The minimum absolute atomic E-state index is 0.0984. The van der Waals surface area contributed by atoms with E-state index in [0.717, 1.165) is 5.82 Å². The number of nitrogens with one attached hydrogen (secondary N) is 1. The molecule has 6 nitrogen and oxygen atoms in total. The van der Waals surface area contributed by atoms with E-state index in [1.165, 1.54) is 0 Å². The monoisotopic (exact) mass is 193 g/mol. The van der Waals surface area contributed by atoms with Gasteiger partial charge in [-0.25, -0.2) is 0 Å². The van der Waals surface area contributed by atoms with Crippen LogP contribution >= 0.6 is 0 Å². The summed E-state index contributed by atoms with van der Waals surface area (Å²) in [7, 11) is 1.84. The minimum Gasteiger partial charge on any atom is -0.355 e. The van der Waals surface area contributed by atoms with Gasteiger partial charge in [-0.05, 0) is 0 Å². The van der Waals surface area contributed by atoms with Crippen molar-refractivity contribution in [2.75, 3.05) is 6.54 Å². The quantitative estimate of drug-likeness (QED) is 0.691. The van der Waals surface area contributed by atoms with Gasteiger partial charge in [-0.1, -0.05) is 0 Å². The Labute approximate surface area is 81.6 Å². The molecular formula is C8H11N5O. The van der Waals surface area contributed by atoms with Gasteiger partial charge in [-0.3, -0.25) is 4.79 Å². The lowest BCUT2D eigenvalue weighted by Crippen LogP contribution is -2.25. The lowest BCUT2D eigenvalue weighted by atomic mass is 10.3. The molecule has 0 saturated carbocycles. The van der Waals surface area contributed by atoms with E-state index in [1.807, 2.05) is 7.05 Å². The Kier molecular flexibility index (Phi) is 3.61. The lowest BCUT2D eigenvalue weighted by molar-refractivity contribution is -0.120. The molecule has 0 fully saturated rings. The van der Waals surface area contributed by atoms with Crippen molar-refractivity contribution in [2.45, 2.75) is 12.8 Å². The summed E-state index contributed by atoms with van der Waals surface area (Å²) in [5.41, 5.74) is 0. The van der Waals surface area contributed by atoms with Crippen molar-refractivity contribution in [3.63, 3.8) is 0 Å². The summed E-state index contributed by atoms with van der Waals surface area (Å²) >= 11 is 0. The third-order valence-corrected chi connectivity index (χ3v) is 1.72. The van der Waals surface area contributed by atoms with Crippen molar-refractivity contribution in [2.24, 2.45) is 7.05 Å². The van der Waals surface area contributed by atoms with E-state index in [4.69, 9.17) is 5.26 Å². The molecule has 1 aromatic rings. The first-order chi connectivity index (χ1) is 6.74. The number of carbonyl (C=O) groups excluding carboxylic acids is 1. The van der Waals surface area contributed by atoms with Crippen LogP contribution in [0, 0.1) is 11.3 Å². The van der Waals surface area contributed by atoms with Crippen LogP contribution in [-0.2, 0) is 18.3 Å². The van der Waals surface area contributed by atoms with Gasteiger partial charge in [-0.15, -0.1) is 10.2 Å². The molecule has 6 heteroatoms. The average molecular weight is 193 g/mol. The van der Waals surface area contributed by atoms with Gasteiger partial charge >= 0.3 is 0 Å². The summed E-state index contributed by atoms with van der Waals surface area (Å²) < 4.78 is 1.79. The van der Waals surface area contributed by atoms with Gasteiger partial charge in [0.05, 0.1) is 6.07 Å². The zero-order valence-corrected chi connectivity index (χ0v) is 7.90. The lowest BCUT2D eigenvalue weighted by Gasteiger charge is -2.01.